The van der Waals surface area contributed by atoms with E-state index in [1.54, 1.807) is 24.7 Å². The number of benzene rings is 3. The van der Waals surface area contributed by atoms with Gasteiger partial charge < -0.3 is 14.8 Å². The highest BCUT2D eigenvalue weighted by Crippen LogP contribution is 2.41. The van der Waals surface area contributed by atoms with Gasteiger partial charge in [-0.3, -0.25) is 4.79 Å². The summed E-state index contributed by atoms with van der Waals surface area (Å²) in [4.78, 5) is 19.4. The van der Waals surface area contributed by atoms with Gasteiger partial charge in [-0.05, 0) is 76.0 Å². The number of hydrogen-bond acceptors (Lipinski definition) is 5. The molecule has 1 aliphatic rings. The van der Waals surface area contributed by atoms with Gasteiger partial charge in [0, 0.05) is 17.6 Å². The van der Waals surface area contributed by atoms with Gasteiger partial charge >= 0.3 is 0 Å². The van der Waals surface area contributed by atoms with Crippen LogP contribution in [0.5, 0.6) is 11.5 Å². The molecule has 1 amide bonds. The van der Waals surface area contributed by atoms with Gasteiger partial charge in [0.2, 0.25) is 0 Å². The van der Waals surface area contributed by atoms with Crippen molar-refractivity contribution in [3.8, 4) is 11.5 Å². The van der Waals surface area contributed by atoms with Gasteiger partial charge in [-0.15, -0.1) is 11.3 Å². The summed E-state index contributed by atoms with van der Waals surface area (Å²) in [5.41, 5.74) is 4.87. The second-order valence-corrected chi connectivity index (χ2v) is 11.1. The number of nitrogens with zero attached hydrogens (tertiary/aromatic N) is 1. The minimum absolute atomic E-state index is 0.0659. The fourth-order valence-electron chi connectivity index (χ4n) is 4.56. The van der Waals surface area contributed by atoms with E-state index in [1.807, 2.05) is 72.8 Å². The van der Waals surface area contributed by atoms with Crippen LogP contribution < -0.4 is 14.8 Å². The first-order valence-electron chi connectivity index (χ1n) is 12.7. The number of fused-ring (bicyclic) bond motifs is 1. The summed E-state index contributed by atoms with van der Waals surface area (Å²) in [6, 6.07) is 23.8. The zero-order chi connectivity index (χ0) is 26.3. The monoisotopic (exact) mass is 588 g/mol. The molecule has 0 bridgehead atoms. The Hall–Kier alpha value is -3.42. The molecule has 4 aromatic rings. The highest BCUT2D eigenvalue weighted by molar-refractivity contribution is 9.10. The molecule has 0 fully saturated rings. The van der Waals surface area contributed by atoms with Crippen LogP contribution in [0.4, 0.5) is 5.00 Å². The normalized spacial score (nSPS) is 12.8. The molecular weight excluding hydrogens is 560 g/mol. The van der Waals surface area contributed by atoms with Gasteiger partial charge in [-0.1, -0.05) is 60.7 Å². The van der Waals surface area contributed by atoms with Crippen molar-refractivity contribution < 1.29 is 14.3 Å². The number of nitrogens with one attached hydrogen (secondary N) is 1. The predicted molar refractivity (Wildman–Crippen MR) is 157 cm³/mol. The van der Waals surface area contributed by atoms with E-state index in [0.717, 1.165) is 57.4 Å². The molecule has 0 aliphatic heterocycles. The topological polar surface area (TPSA) is 59.9 Å². The third-order valence-corrected chi connectivity index (χ3v) is 8.27. The number of thiophene rings is 1. The maximum Gasteiger partial charge on any atom is 0.254 e. The van der Waals surface area contributed by atoms with E-state index in [9.17, 15) is 4.79 Å². The number of amides is 1. The zero-order valence-electron chi connectivity index (χ0n) is 21.2. The maximum atomic E-state index is 13.3. The van der Waals surface area contributed by atoms with E-state index < -0.39 is 0 Å². The third kappa shape index (κ3) is 6.17. The summed E-state index contributed by atoms with van der Waals surface area (Å²) < 4.78 is 12.5. The molecule has 0 spiro atoms. The lowest BCUT2D eigenvalue weighted by atomic mass is 9.95. The van der Waals surface area contributed by atoms with Gasteiger partial charge in [-0.2, -0.15) is 0 Å². The SMILES string of the molecule is COc1cc(C=Nc2sc3c(c2C(=O)NCc2ccccc2)CCCC3)cc(Br)c1OCc1ccccc1. The summed E-state index contributed by atoms with van der Waals surface area (Å²) in [6.07, 6.45) is 5.96. The van der Waals surface area contributed by atoms with Crippen LogP contribution in [0.2, 0.25) is 0 Å². The molecule has 3 aromatic carbocycles. The van der Waals surface area contributed by atoms with Crippen molar-refractivity contribution in [1.82, 2.24) is 5.32 Å². The van der Waals surface area contributed by atoms with Crippen molar-refractivity contribution in [3.63, 3.8) is 0 Å². The van der Waals surface area contributed by atoms with E-state index in [0.29, 0.717) is 30.2 Å². The fraction of sp³-hybridized carbons (Fsp3) is 0.226. The molecule has 38 heavy (non-hydrogen) atoms. The lowest BCUT2D eigenvalue weighted by Gasteiger charge is -2.13. The first-order valence-corrected chi connectivity index (χ1v) is 14.3. The number of carbonyl (C=O) groups excluding carboxylic acids is 1. The Kier molecular flexibility index (Phi) is 8.56. The second-order valence-electron chi connectivity index (χ2n) is 9.13. The van der Waals surface area contributed by atoms with E-state index in [2.05, 4.69) is 21.2 Å². The lowest BCUT2D eigenvalue weighted by molar-refractivity contribution is 0.0951. The van der Waals surface area contributed by atoms with Crippen molar-refractivity contribution in [2.24, 2.45) is 4.99 Å². The highest BCUT2D eigenvalue weighted by atomic mass is 79.9. The second kappa shape index (κ2) is 12.4. The number of rotatable bonds is 9. The number of hydrogen-bond donors (Lipinski definition) is 1. The van der Waals surface area contributed by atoms with E-state index in [4.69, 9.17) is 14.5 Å². The molecule has 7 heteroatoms. The Morgan fingerprint density at radius 2 is 1.74 bits per heavy atom. The van der Waals surface area contributed by atoms with Gasteiger partial charge in [0.15, 0.2) is 11.5 Å². The molecule has 5 nitrogen and oxygen atoms in total. The average molecular weight is 590 g/mol. The van der Waals surface area contributed by atoms with Crippen LogP contribution in [0.3, 0.4) is 0 Å². The van der Waals surface area contributed by atoms with Crippen LogP contribution in [-0.4, -0.2) is 19.2 Å². The molecule has 1 heterocycles. The summed E-state index contributed by atoms with van der Waals surface area (Å²) in [6.45, 7) is 0.924. The van der Waals surface area contributed by atoms with Crippen molar-refractivity contribution in [2.75, 3.05) is 7.11 Å². The van der Waals surface area contributed by atoms with E-state index >= 15 is 0 Å². The van der Waals surface area contributed by atoms with E-state index in [-0.39, 0.29) is 5.91 Å². The summed E-state index contributed by atoms with van der Waals surface area (Å²) in [5, 5.41) is 3.85. The quantitative estimate of drug-likeness (QED) is 0.204. The Bertz CT molecular complexity index is 1430. The number of aryl methyl sites for hydroxylation is 1. The standard InChI is InChI=1S/C31H29BrN2O3S/c1-36-26-17-23(16-25(32)29(26)37-20-22-12-6-3-7-13-22)19-34-31-28(24-14-8-9-15-27(24)38-31)30(35)33-18-21-10-4-2-5-11-21/h2-7,10-13,16-17,19H,8-9,14-15,18,20H2,1H3,(H,33,35). The molecule has 0 saturated heterocycles. The van der Waals surface area contributed by atoms with E-state index in [1.165, 1.54) is 4.88 Å². The van der Waals surface area contributed by atoms with Crippen LogP contribution >= 0.6 is 27.3 Å². The molecule has 0 atom stereocenters. The summed E-state index contributed by atoms with van der Waals surface area (Å²) in [7, 11) is 1.63. The minimum Gasteiger partial charge on any atom is -0.493 e. The molecule has 194 valence electrons. The lowest BCUT2D eigenvalue weighted by Crippen LogP contribution is -2.24. The van der Waals surface area contributed by atoms with Crippen LogP contribution in [-0.2, 0) is 26.0 Å². The van der Waals surface area contributed by atoms with Crippen molar-refractivity contribution >= 4 is 44.4 Å². The number of methoxy groups -OCH3 is 1. The van der Waals surface area contributed by atoms with Gasteiger partial charge in [0.05, 0.1) is 17.1 Å². The van der Waals surface area contributed by atoms with Gasteiger partial charge in [-0.25, -0.2) is 4.99 Å². The largest absolute Gasteiger partial charge is 0.493 e. The third-order valence-electron chi connectivity index (χ3n) is 6.48. The highest BCUT2D eigenvalue weighted by Gasteiger charge is 2.25. The van der Waals surface area contributed by atoms with Crippen molar-refractivity contribution in [1.29, 1.82) is 0 Å². The van der Waals surface area contributed by atoms with Crippen molar-refractivity contribution in [2.45, 2.75) is 38.8 Å². The van der Waals surface area contributed by atoms with Crippen LogP contribution in [0.1, 0.15) is 50.3 Å². The first kappa shape index (κ1) is 26.2. The molecular formula is C31H29BrN2O3S. The minimum atomic E-state index is -0.0659. The molecule has 5 rings (SSSR count). The smallest absolute Gasteiger partial charge is 0.254 e. The molecule has 1 aliphatic carbocycles. The Labute approximate surface area is 235 Å². The predicted octanol–water partition coefficient (Wildman–Crippen LogP) is 7.66. The number of aliphatic imine (C=N–C) groups is 1. The summed E-state index contributed by atoms with van der Waals surface area (Å²) in [5.74, 6) is 1.19. The molecule has 1 N–H and O–H groups in total. The first-order chi connectivity index (χ1) is 18.6. The molecule has 0 radical (unpaired) electrons. The Morgan fingerprint density at radius 1 is 1.03 bits per heavy atom. The zero-order valence-corrected chi connectivity index (χ0v) is 23.6. The molecule has 0 unspecified atom stereocenters. The van der Waals surface area contributed by atoms with Crippen LogP contribution in [0.25, 0.3) is 0 Å². The average Bonchev–Trinajstić information content (AvgIpc) is 3.33. The summed E-state index contributed by atoms with van der Waals surface area (Å²) >= 11 is 5.27. The fourth-order valence-corrected chi connectivity index (χ4v) is 6.37. The maximum absolute atomic E-state index is 13.3. The van der Waals surface area contributed by atoms with Gasteiger partial charge in [0.25, 0.3) is 5.91 Å². The van der Waals surface area contributed by atoms with Crippen LogP contribution in [0.15, 0.2) is 82.3 Å². The molecule has 0 saturated carbocycles. The molecule has 1 aromatic heterocycles. The Balaban J connectivity index is 1.38. The van der Waals surface area contributed by atoms with Crippen LogP contribution in [0, 0.1) is 0 Å². The number of carbonyl (C=O) groups is 1. The Morgan fingerprint density at radius 3 is 2.47 bits per heavy atom. The van der Waals surface area contributed by atoms with Crippen molar-refractivity contribution in [3.05, 3.63) is 110 Å². The van der Waals surface area contributed by atoms with Gasteiger partial charge in [0.1, 0.15) is 11.6 Å². The number of halogens is 1. The number of ether oxygens (including phenoxy) is 2.